The third-order valence-electron chi connectivity index (χ3n) is 7.70. The molecular formula is C31H31F2N3O5. The molecule has 0 spiro atoms. The predicted molar refractivity (Wildman–Crippen MR) is 147 cm³/mol. The number of carbonyl (C=O) groups excluding carboxylic acids is 2. The number of alkyl halides is 2. The predicted octanol–water partition coefficient (Wildman–Crippen LogP) is 4.11. The van der Waals surface area contributed by atoms with Gasteiger partial charge in [0.2, 0.25) is 5.91 Å². The van der Waals surface area contributed by atoms with E-state index in [4.69, 9.17) is 4.74 Å². The Bertz CT molecular complexity index is 1390. The highest BCUT2D eigenvalue weighted by molar-refractivity contribution is 5.88. The van der Waals surface area contributed by atoms with Crippen molar-refractivity contribution in [3.05, 3.63) is 95.6 Å². The van der Waals surface area contributed by atoms with Crippen LogP contribution in [-0.4, -0.2) is 66.7 Å². The maximum absolute atomic E-state index is 14.5. The molecule has 3 N–H and O–H groups in total. The smallest absolute Gasteiger partial charge is 0.407 e. The molecule has 5 rings (SSSR count). The molecule has 0 heterocycles. The third-order valence-corrected chi connectivity index (χ3v) is 7.70. The standard InChI is InChI=1S/C31H31F2N3O5/c1-36(16-19-9-3-2-4-10-19)17-26(29(38)39)35-28(37)27-25(31(27,32)33)15-34-30(40)41-18-24-22-13-7-5-11-20(22)21-12-6-8-14-23(21)24/h2-14,24-27H,15-18H2,1H3,(H,34,40)(H,35,37)(H,38,39). The van der Waals surface area contributed by atoms with Crippen molar-refractivity contribution in [1.82, 2.24) is 15.5 Å². The number of carbonyl (C=O) groups is 3. The molecule has 41 heavy (non-hydrogen) atoms. The van der Waals surface area contributed by atoms with Gasteiger partial charge in [-0.15, -0.1) is 0 Å². The first kappa shape index (κ1) is 28.2. The molecular weight excluding hydrogens is 532 g/mol. The largest absolute Gasteiger partial charge is 0.480 e. The fourth-order valence-corrected chi connectivity index (χ4v) is 5.56. The number of ether oxygens (including phenoxy) is 1. The number of carboxylic acids is 1. The first-order valence-electron chi connectivity index (χ1n) is 13.4. The number of amides is 2. The molecule has 10 heteroatoms. The number of aliphatic carboxylic acids is 1. The summed E-state index contributed by atoms with van der Waals surface area (Å²) >= 11 is 0. The zero-order valence-corrected chi connectivity index (χ0v) is 22.4. The van der Waals surface area contributed by atoms with Gasteiger partial charge in [0, 0.05) is 25.6 Å². The van der Waals surface area contributed by atoms with Crippen LogP contribution >= 0.6 is 0 Å². The fourth-order valence-electron chi connectivity index (χ4n) is 5.56. The van der Waals surface area contributed by atoms with Crippen LogP contribution in [0.25, 0.3) is 11.1 Å². The molecule has 0 aliphatic heterocycles. The number of nitrogens with zero attached hydrogens (tertiary/aromatic N) is 1. The Kier molecular flexibility index (Phi) is 8.03. The van der Waals surface area contributed by atoms with Crippen LogP contribution in [0.3, 0.4) is 0 Å². The first-order chi connectivity index (χ1) is 19.7. The number of alkyl carbamates (subject to hydrolysis) is 1. The summed E-state index contributed by atoms with van der Waals surface area (Å²) in [7, 11) is 1.68. The van der Waals surface area contributed by atoms with E-state index in [1.54, 1.807) is 11.9 Å². The zero-order valence-electron chi connectivity index (χ0n) is 22.4. The number of halogens is 2. The highest BCUT2D eigenvalue weighted by Crippen LogP contribution is 2.55. The molecule has 3 aromatic rings. The minimum atomic E-state index is -3.38. The van der Waals surface area contributed by atoms with E-state index in [0.717, 1.165) is 27.8 Å². The Labute approximate surface area is 236 Å². The van der Waals surface area contributed by atoms with Gasteiger partial charge in [0.25, 0.3) is 5.92 Å². The number of hydrogen-bond acceptors (Lipinski definition) is 5. The molecule has 0 bridgehead atoms. The molecule has 8 nitrogen and oxygen atoms in total. The number of nitrogens with one attached hydrogen (secondary N) is 2. The van der Waals surface area contributed by atoms with Crippen molar-refractivity contribution in [3.8, 4) is 11.1 Å². The highest BCUT2D eigenvalue weighted by atomic mass is 19.3. The summed E-state index contributed by atoms with van der Waals surface area (Å²) in [6.07, 6.45) is -0.861. The minimum absolute atomic E-state index is 0.0294. The molecule has 1 saturated carbocycles. The molecule has 0 saturated heterocycles. The number of carboxylic acid groups (broad SMARTS) is 1. The van der Waals surface area contributed by atoms with E-state index in [2.05, 4.69) is 10.6 Å². The molecule has 3 unspecified atom stereocenters. The maximum Gasteiger partial charge on any atom is 0.407 e. The van der Waals surface area contributed by atoms with Gasteiger partial charge in [0.15, 0.2) is 0 Å². The monoisotopic (exact) mass is 563 g/mol. The van der Waals surface area contributed by atoms with Crippen LogP contribution in [0.4, 0.5) is 13.6 Å². The van der Waals surface area contributed by atoms with Crippen molar-refractivity contribution in [1.29, 1.82) is 0 Å². The molecule has 214 valence electrons. The van der Waals surface area contributed by atoms with E-state index in [1.165, 1.54) is 0 Å². The van der Waals surface area contributed by atoms with E-state index < -0.39 is 48.3 Å². The van der Waals surface area contributed by atoms with Crippen LogP contribution in [0, 0.1) is 11.8 Å². The van der Waals surface area contributed by atoms with Crippen molar-refractivity contribution in [2.24, 2.45) is 11.8 Å². The normalized spacial score (nSPS) is 19.1. The molecule has 3 aromatic carbocycles. The van der Waals surface area contributed by atoms with Gasteiger partial charge in [-0.1, -0.05) is 78.9 Å². The Balaban J connectivity index is 1.12. The Morgan fingerprint density at radius 3 is 2.15 bits per heavy atom. The SMILES string of the molecule is CN(Cc1ccccc1)CC(NC(=O)C1C(CNC(=O)OCC2c3ccccc3-c3ccccc32)C1(F)F)C(=O)O. The molecule has 1 fully saturated rings. The lowest BCUT2D eigenvalue weighted by molar-refractivity contribution is -0.143. The van der Waals surface area contributed by atoms with Crippen LogP contribution in [0.5, 0.6) is 0 Å². The van der Waals surface area contributed by atoms with E-state index in [-0.39, 0.29) is 19.1 Å². The summed E-state index contributed by atoms with van der Waals surface area (Å²) in [6.45, 7) is -0.0985. The molecule has 3 atom stereocenters. The second-order valence-electron chi connectivity index (χ2n) is 10.5. The van der Waals surface area contributed by atoms with Gasteiger partial charge < -0.3 is 20.5 Å². The van der Waals surface area contributed by atoms with Gasteiger partial charge in [0.1, 0.15) is 18.6 Å². The number of fused-ring (bicyclic) bond motifs is 3. The van der Waals surface area contributed by atoms with Crippen LogP contribution in [0.15, 0.2) is 78.9 Å². The maximum atomic E-state index is 14.5. The summed E-state index contributed by atoms with van der Waals surface area (Å²) in [5, 5.41) is 14.2. The van der Waals surface area contributed by atoms with Crippen molar-refractivity contribution < 1.29 is 33.0 Å². The Morgan fingerprint density at radius 1 is 0.951 bits per heavy atom. The Hall–Kier alpha value is -4.31. The second kappa shape index (κ2) is 11.7. The van der Waals surface area contributed by atoms with Gasteiger partial charge in [-0.2, -0.15) is 0 Å². The molecule has 0 aromatic heterocycles. The van der Waals surface area contributed by atoms with Crippen molar-refractivity contribution in [2.75, 3.05) is 26.7 Å². The fraction of sp³-hybridized carbons (Fsp3) is 0.323. The molecule has 2 aliphatic carbocycles. The van der Waals surface area contributed by atoms with Crippen LogP contribution in [0.2, 0.25) is 0 Å². The van der Waals surface area contributed by atoms with Gasteiger partial charge in [-0.25, -0.2) is 18.4 Å². The Morgan fingerprint density at radius 2 is 1.54 bits per heavy atom. The van der Waals surface area contributed by atoms with Gasteiger partial charge in [0.05, 0.1) is 5.92 Å². The lowest BCUT2D eigenvalue weighted by Gasteiger charge is -2.22. The lowest BCUT2D eigenvalue weighted by atomic mass is 9.98. The van der Waals surface area contributed by atoms with Crippen molar-refractivity contribution in [3.63, 3.8) is 0 Å². The second-order valence-corrected chi connectivity index (χ2v) is 10.5. The number of benzene rings is 3. The van der Waals surface area contributed by atoms with Crippen LogP contribution in [-0.2, 0) is 20.9 Å². The van der Waals surface area contributed by atoms with E-state index in [1.807, 2.05) is 78.9 Å². The molecule has 2 amide bonds. The minimum Gasteiger partial charge on any atom is -0.480 e. The summed E-state index contributed by atoms with van der Waals surface area (Å²) in [5.41, 5.74) is 5.12. The van der Waals surface area contributed by atoms with Crippen LogP contribution in [0.1, 0.15) is 22.6 Å². The zero-order chi connectivity index (χ0) is 29.1. The molecule has 0 radical (unpaired) electrons. The average Bonchev–Trinajstić information content (AvgIpc) is 3.36. The number of likely N-dealkylation sites (N-methyl/N-ethyl adjacent to an activating group) is 1. The van der Waals surface area contributed by atoms with Gasteiger partial charge in [-0.3, -0.25) is 9.69 Å². The first-order valence-corrected chi connectivity index (χ1v) is 13.4. The van der Waals surface area contributed by atoms with Crippen molar-refractivity contribution in [2.45, 2.75) is 24.4 Å². The van der Waals surface area contributed by atoms with Gasteiger partial charge in [-0.05, 0) is 34.9 Å². The summed E-state index contributed by atoms with van der Waals surface area (Å²) in [5.74, 6) is -9.13. The summed E-state index contributed by atoms with van der Waals surface area (Å²) in [6, 6.07) is 23.6. The topological polar surface area (TPSA) is 108 Å². The van der Waals surface area contributed by atoms with Gasteiger partial charge >= 0.3 is 12.1 Å². The number of hydrogen-bond donors (Lipinski definition) is 3. The number of rotatable bonds is 11. The van der Waals surface area contributed by atoms with Crippen molar-refractivity contribution >= 4 is 18.0 Å². The van der Waals surface area contributed by atoms with E-state index in [0.29, 0.717) is 6.54 Å². The van der Waals surface area contributed by atoms with Crippen LogP contribution < -0.4 is 10.6 Å². The summed E-state index contributed by atoms with van der Waals surface area (Å²) in [4.78, 5) is 38.5. The van der Waals surface area contributed by atoms with E-state index in [9.17, 15) is 28.3 Å². The molecule has 2 aliphatic rings. The highest BCUT2D eigenvalue weighted by Gasteiger charge is 2.71. The average molecular weight is 564 g/mol. The third kappa shape index (κ3) is 6.07. The van der Waals surface area contributed by atoms with E-state index >= 15 is 0 Å². The quantitative estimate of drug-likeness (QED) is 0.324. The lowest BCUT2D eigenvalue weighted by Crippen LogP contribution is -2.48. The summed E-state index contributed by atoms with van der Waals surface area (Å²) < 4.78 is 34.4.